The van der Waals surface area contributed by atoms with Gasteiger partial charge in [0.2, 0.25) is 0 Å². The average molecular weight is 221 g/mol. The molecule has 0 spiro atoms. The Morgan fingerprint density at radius 1 is 1.50 bits per heavy atom. The van der Waals surface area contributed by atoms with E-state index in [1.54, 1.807) is 13.0 Å². The van der Waals surface area contributed by atoms with Gasteiger partial charge in [0.05, 0.1) is 5.56 Å². The van der Waals surface area contributed by atoms with Crippen molar-refractivity contribution in [2.24, 2.45) is 0 Å². The minimum atomic E-state index is -0.954. The van der Waals surface area contributed by atoms with E-state index >= 15 is 0 Å². The number of nitrogens with two attached hydrogens (primary N) is 1. The second kappa shape index (κ2) is 5.30. The number of carbonyl (C=O) groups excluding carboxylic acids is 1. The summed E-state index contributed by atoms with van der Waals surface area (Å²) in [4.78, 5) is 21.2. The SMILES string of the molecule is Cc1c(N)ccc(C(=O)O)c1CCCC=O. The Morgan fingerprint density at radius 2 is 2.19 bits per heavy atom. The zero-order valence-corrected chi connectivity index (χ0v) is 9.19. The molecule has 1 rings (SSSR count). The van der Waals surface area contributed by atoms with E-state index < -0.39 is 5.97 Å². The summed E-state index contributed by atoms with van der Waals surface area (Å²) in [5.41, 5.74) is 8.12. The molecule has 0 aliphatic rings. The highest BCUT2D eigenvalue weighted by Gasteiger charge is 2.13. The van der Waals surface area contributed by atoms with Crippen LogP contribution < -0.4 is 5.73 Å². The molecule has 4 nitrogen and oxygen atoms in total. The van der Waals surface area contributed by atoms with Gasteiger partial charge < -0.3 is 15.6 Å². The highest BCUT2D eigenvalue weighted by Crippen LogP contribution is 2.22. The van der Waals surface area contributed by atoms with Crippen LogP contribution >= 0.6 is 0 Å². The number of aromatic carboxylic acids is 1. The number of carboxylic acids is 1. The maximum absolute atomic E-state index is 11.0. The van der Waals surface area contributed by atoms with E-state index in [-0.39, 0.29) is 5.56 Å². The van der Waals surface area contributed by atoms with Gasteiger partial charge in [-0.1, -0.05) is 0 Å². The van der Waals surface area contributed by atoms with Gasteiger partial charge in [0.25, 0.3) is 0 Å². The third kappa shape index (κ3) is 2.59. The third-order valence-corrected chi connectivity index (χ3v) is 2.62. The van der Waals surface area contributed by atoms with Crippen molar-refractivity contribution in [1.82, 2.24) is 0 Å². The Bertz CT molecular complexity index is 413. The molecule has 16 heavy (non-hydrogen) atoms. The lowest BCUT2D eigenvalue weighted by Crippen LogP contribution is -2.07. The van der Waals surface area contributed by atoms with Gasteiger partial charge in [-0.2, -0.15) is 0 Å². The van der Waals surface area contributed by atoms with Crippen LogP contribution in [0.2, 0.25) is 0 Å². The first-order valence-electron chi connectivity index (χ1n) is 5.12. The fourth-order valence-electron chi connectivity index (χ4n) is 1.66. The number of hydrogen-bond donors (Lipinski definition) is 2. The number of carbonyl (C=O) groups is 2. The van der Waals surface area contributed by atoms with Gasteiger partial charge in [-0.15, -0.1) is 0 Å². The Labute approximate surface area is 94.1 Å². The molecule has 3 N–H and O–H groups in total. The maximum Gasteiger partial charge on any atom is 0.335 e. The monoisotopic (exact) mass is 221 g/mol. The molecule has 4 heteroatoms. The molecule has 0 aliphatic carbocycles. The van der Waals surface area contributed by atoms with E-state index in [4.69, 9.17) is 10.8 Å². The van der Waals surface area contributed by atoms with E-state index in [1.165, 1.54) is 6.07 Å². The zero-order chi connectivity index (χ0) is 12.1. The van der Waals surface area contributed by atoms with Crippen LogP contribution in [0.3, 0.4) is 0 Å². The molecule has 1 aromatic carbocycles. The van der Waals surface area contributed by atoms with Crippen molar-refractivity contribution < 1.29 is 14.7 Å². The van der Waals surface area contributed by atoms with Crippen molar-refractivity contribution in [3.05, 3.63) is 28.8 Å². The predicted octanol–water partition coefficient (Wildman–Crippen LogP) is 1.80. The number of anilines is 1. The van der Waals surface area contributed by atoms with Crippen LogP contribution in [0.1, 0.15) is 34.3 Å². The molecule has 0 atom stereocenters. The molecule has 0 radical (unpaired) electrons. The van der Waals surface area contributed by atoms with Gasteiger partial charge in [-0.05, 0) is 43.0 Å². The van der Waals surface area contributed by atoms with Crippen LogP contribution in [0.5, 0.6) is 0 Å². The van der Waals surface area contributed by atoms with Gasteiger partial charge in [-0.25, -0.2) is 4.79 Å². The summed E-state index contributed by atoms with van der Waals surface area (Å²) in [5, 5.41) is 9.03. The molecule has 0 saturated carbocycles. The Hall–Kier alpha value is -1.84. The highest BCUT2D eigenvalue weighted by atomic mass is 16.4. The number of unbranched alkanes of at least 4 members (excludes halogenated alkanes) is 1. The lowest BCUT2D eigenvalue weighted by atomic mass is 9.96. The van der Waals surface area contributed by atoms with Crippen molar-refractivity contribution in [2.75, 3.05) is 5.73 Å². The summed E-state index contributed by atoms with van der Waals surface area (Å²) in [6.45, 7) is 1.80. The normalized spacial score (nSPS) is 10.1. The molecule has 1 aromatic rings. The van der Waals surface area contributed by atoms with Gasteiger partial charge in [0.1, 0.15) is 6.29 Å². The molecular formula is C12H15NO3. The molecule has 0 fully saturated rings. The fourth-order valence-corrected chi connectivity index (χ4v) is 1.66. The van der Waals surface area contributed by atoms with Gasteiger partial charge in [0.15, 0.2) is 0 Å². The van der Waals surface area contributed by atoms with Crippen LogP contribution in [0, 0.1) is 6.92 Å². The van der Waals surface area contributed by atoms with E-state index in [1.807, 2.05) is 0 Å². The first-order chi connectivity index (χ1) is 7.57. The molecule has 86 valence electrons. The second-order valence-corrected chi connectivity index (χ2v) is 3.67. The van der Waals surface area contributed by atoms with Crippen molar-refractivity contribution in [1.29, 1.82) is 0 Å². The second-order valence-electron chi connectivity index (χ2n) is 3.67. The quantitative estimate of drug-likeness (QED) is 0.451. The van der Waals surface area contributed by atoms with Crippen molar-refractivity contribution in [3.8, 4) is 0 Å². The maximum atomic E-state index is 11.0. The summed E-state index contributed by atoms with van der Waals surface area (Å²) < 4.78 is 0. The molecule has 0 bridgehead atoms. The first kappa shape index (κ1) is 12.2. The molecule has 0 heterocycles. The van der Waals surface area contributed by atoms with Gasteiger partial charge >= 0.3 is 5.97 Å². The van der Waals surface area contributed by atoms with Crippen molar-refractivity contribution >= 4 is 17.9 Å². The van der Waals surface area contributed by atoms with Crippen LogP contribution in [0.25, 0.3) is 0 Å². The van der Waals surface area contributed by atoms with Crippen LogP contribution in [0.15, 0.2) is 12.1 Å². The molecule has 0 saturated heterocycles. The minimum absolute atomic E-state index is 0.276. The lowest BCUT2D eigenvalue weighted by Gasteiger charge is -2.11. The Kier molecular flexibility index (Phi) is 4.05. The smallest absolute Gasteiger partial charge is 0.335 e. The summed E-state index contributed by atoms with van der Waals surface area (Å²) in [7, 11) is 0. The Balaban J connectivity index is 3.05. The topological polar surface area (TPSA) is 80.4 Å². The predicted molar refractivity (Wildman–Crippen MR) is 61.6 cm³/mol. The highest BCUT2D eigenvalue weighted by molar-refractivity contribution is 5.90. The fraction of sp³-hybridized carbons (Fsp3) is 0.333. The average Bonchev–Trinajstić information content (AvgIpc) is 2.24. The zero-order valence-electron chi connectivity index (χ0n) is 9.19. The van der Waals surface area contributed by atoms with E-state index in [9.17, 15) is 9.59 Å². The lowest BCUT2D eigenvalue weighted by molar-refractivity contribution is -0.107. The largest absolute Gasteiger partial charge is 0.478 e. The van der Waals surface area contributed by atoms with E-state index in [0.717, 1.165) is 17.4 Å². The molecule has 0 amide bonds. The minimum Gasteiger partial charge on any atom is -0.478 e. The number of hydrogen-bond acceptors (Lipinski definition) is 3. The Morgan fingerprint density at radius 3 is 2.75 bits per heavy atom. The summed E-state index contributed by atoms with van der Waals surface area (Å²) in [6.07, 6.45) is 2.49. The standard InChI is InChI=1S/C12H15NO3/c1-8-9(4-2-3-7-14)10(12(15)16)5-6-11(8)13/h5-7H,2-4,13H2,1H3,(H,15,16). The third-order valence-electron chi connectivity index (χ3n) is 2.62. The molecular weight excluding hydrogens is 206 g/mol. The first-order valence-corrected chi connectivity index (χ1v) is 5.12. The van der Waals surface area contributed by atoms with Gasteiger partial charge in [-0.3, -0.25) is 0 Å². The summed E-state index contributed by atoms with van der Waals surface area (Å²) >= 11 is 0. The number of rotatable bonds is 5. The van der Waals surface area contributed by atoms with E-state index in [0.29, 0.717) is 24.9 Å². The number of carboxylic acid groups (broad SMARTS) is 1. The summed E-state index contributed by atoms with van der Waals surface area (Å²) in [5.74, 6) is -0.954. The molecule has 0 unspecified atom stereocenters. The van der Waals surface area contributed by atoms with Crippen LogP contribution in [0.4, 0.5) is 5.69 Å². The van der Waals surface area contributed by atoms with Crippen LogP contribution in [-0.2, 0) is 11.2 Å². The van der Waals surface area contributed by atoms with Crippen LogP contribution in [-0.4, -0.2) is 17.4 Å². The number of nitrogen functional groups attached to an aromatic ring is 1. The van der Waals surface area contributed by atoms with Gasteiger partial charge in [0, 0.05) is 12.1 Å². The molecule has 0 aliphatic heterocycles. The number of aldehydes is 1. The number of benzene rings is 1. The van der Waals surface area contributed by atoms with Crippen molar-refractivity contribution in [2.45, 2.75) is 26.2 Å². The van der Waals surface area contributed by atoms with E-state index in [2.05, 4.69) is 0 Å². The van der Waals surface area contributed by atoms with Crippen molar-refractivity contribution in [3.63, 3.8) is 0 Å². The summed E-state index contributed by atoms with van der Waals surface area (Å²) in [6, 6.07) is 3.11. The molecule has 0 aromatic heterocycles.